The Morgan fingerprint density at radius 1 is 1.37 bits per heavy atom. The maximum Gasteiger partial charge on any atom is 0.272 e. The average molecular weight is 406 g/mol. The normalized spacial score (nSPS) is 11.3. The summed E-state index contributed by atoms with van der Waals surface area (Å²) in [6.45, 7) is 6.25. The number of thioether (sulfide) groups is 1. The highest BCUT2D eigenvalue weighted by Crippen LogP contribution is 2.22. The van der Waals surface area contributed by atoms with Crippen molar-refractivity contribution in [2.75, 3.05) is 11.1 Å². The number of amides is 1. The number of nitrogens with zero attached hydrogens (tertiary/aromatic N) is 2. The van der Waals surface area contributed by atoms with Crippen LogP contribution >= 0.6 is 23.1 Å². The van der Waals surface area contributed by atoms with Crippen molar-refractivity contribution >= 4 is 44.9 Å². The summed E-state index contributed by atoms with van der Waals surface area (Å²) in [6, 6.07) is 6.37. The Kier molecular flexibility index (Phi) is 5.96. The Balaban J connectivity index is 1.78. The molecule has 8 heteroatoms. The van der Waals surface area contributed by atoms with Crippen LogP contribution in [-0.2, 0) is 11.3 Å². The third kappa shape index (κ3) is 4.56. The number of hydrogen-bond acceptors (Lipinski definition) is 5. The van der Waals surface area contributed by atoms with E-state index in [0.29, 0.717) is 33.2 Å². The van der Waals surface area contributed by atoms with Gasteiger partial charge >= 0.3 is 0 Å². The number of rotatable bonds is 6. The summed E-state index contributed by atoms with van der Waals surface area (Å²) in [6.07, 6.45) is 0. The van der Waals surface area contributed by atoms with Crippen LogP contribution in [0.2, 0.25) is 0 Å². The Bertz CT molecular complexity index is 1040. The van der Waals surface area contributed by atoms with E-state index >= 15 is 0 Å². The van der Waals surface area contributed by atoms with Gasteiger partial charge in [-0.05, 0) is 42.0 Å². The molecule has 5 nitrogen and oxygen atoms in total. The number of carbonyl (C=O) groups is 1. The van der Waals surface area contributed by atoms with Gasteiger partial charge < -0.3 is 5.32 Å². The molecule has 0 aliphatic heterocycles. The molecule has 0 spiro atoms. The first-order valence-electron chi connectivity index (χ1n) is 8.52. The predicted octanol–water partition coefficient (Wildman–Crippen LogP) is 4.29. The monoisotopic (exact) mass is 405 g/mol. The van der Waals surface area contributed by atoms with E-state index < -0.39 is 0 Å². The first-order valence-corrected chi connectivity index (χ1v) is 10.4. The number of aromatic nitrogens is 2. The first-order chi connectivity index (χ1) is 12.8. The van der Waals surface area contributed by atoms with Gasteiger partial charge in [-0.2, -0.15) is 0 Å². The van der Waals surface area contributed by atoms with E-state index in [9.17, 15) is 14.0 Å². The van der Waals surface area contributed by atoms with Crippen molar-refractivity contribution < 1.29 is 9.18 Å². The van der Waals surface area contributed by atoms with Crippen LogP contribution in [0.25, 0.3) is 10.2 Å². The number of thiophene rings is 1. The van der Waals surface area contributed by atoms with Gasteiger partial charge in [-0.3, -0.25) is 14.2 Å². The molecular formula is C19H20FN3O2S2. The van der Waals surface area contributed by atoms with Crippen molar-refractivity contribution in [3.05, 3.63) is 51.4 Å². The molecule has 1 N–H and O–H groups in total. The van der Waals surface area contributed by atoms with E-state index in [2.05, 4.69) is 10.3 Å². The van der Waals surface area contributed by atoms with Gasteiger partial charge in [-0.1, -0.05) is 31.7 Å². The second-order valence-corrected chi connectivity index (χ2v) is 8.50. The Morgan fingerprint density at radius 3 is 2.85 bits per heavy atom. The molecule has 3 aromatic rings. The summed E-state index contributed by atoms with van der Waals surface area (Å²) >= 11 is 2.58. The van der Waals surface area contributed by atoms with Gasteiger partial charge in [-0.15, -0.1) is 11.3 Å². The van der Waals surface area contributed by atoms with Crippen LogP contribution in [0.15, 0.2) is 39.6 Å². The quantitative estimate of drug-likeness (QED) is 0.491. The van der Waals surface area contributed by atoms with Crippen LogP contribution in [-0.4, -0.2) is 21.2 Å². The van der Waals surface area contributed by atoms with Gasteiger partial charge in [0.05, 0.1) is 11.3 Å². The molecule has 0 atom stereocenters. The minimum atomic E-state index is -0.365. The van der Waals surface area contributed by atoms with Crippen molar-refractivity contribution in [1.29, 1.82) is 0 Å². The van der Waals surface area contributed by atoms with E-state index in [4.69, 9.17) is 0 Å². The standard InChI is InChI=1S/C19H20FN3O2S2/c1-11(2)9-23-18(25)17-15(6-7-26-17)22-19(23)27-10-16(24)21-13-5-4-12(3)14(20)8-13/h4-8,11H,9-10H2,1-3H3,(H,21,24). The lowest BCUT2D eigenvalue weighted by molar-refractivity contribution is -0.113. The van der Waals surface area contributed by atoms with Crippen LogP contribution in [0.3, 0.4) is 0 Å². The molecule has 2 heterocycles. The molecular weight excluding hydrogens is 385 g/mol. The number of halogens is 1. The Morgan fingerprint density at radius 2 is 2.15 bits per heavy atom. The number of benzene rings is 1. The van der Waals surface area contributed by atoms with Crippen molar-refractivity contribution in [2.24, 2.45) is 5.92 Å². The largest absolute Gasteiger partial charge is 0.325 e. The molecule has 0 radical (unpaired) electrons. The summed E-state index contributed by atoms with van der Waals surface area (Å²) in [5.74, 6) is -0.296. The minimum absolute atomic E-state index is 0.0767. The van der Waals surface area contributed by atoms with Crippen molar-refractivity contribution in [3.63, 3.8) is 0 Å². The number of carbonyl (C=O) groups excluding carboxylic acids is 1. The van der Waals surface area contributed by atoms with Gasteiger partial charge in [0, 0.05) is 12.2 Å². The SMILES string of the molecule is Cc1ccc(NC(=O)CSc2nc3ccsc3c(=O)n2CC(C)C)cc1F. The van der Waals surface area contributed by atoms with Crippen LogP contribution in [0, 0.1) is 18.7 Å². The lowest BCUT2D eigenvalue weighted by Gasteiger charge is -2.14. The molecule has 2 aromatic heterocycles. The second-order valence-electron chi connectivity index (χ2n) is 6.64. The molecule has 27 heavy (non-hydrogen) atoms. The predicted molar refractivity (Wildman–Crippen MR) is 109 cm³/mol. The van der Waals surface area contributed by atoms with Gasteiger partial charge in [0.2, 0.25) is 5.91 Å². The molecule has 0 saturated heterocycles. The van der Waals surface area contributed by atoms with Gasteiger partial charge in [0.1, 0.15) is 10.5 Å². The molecule has 3 rings (SSSR count). The van der Waals surface area contributed by atoms with Crippen molar-refractivity contribution in [2.45, 2.75) is 32.5 Å². The lowest BCUT2D eigenvalue weighted by atomic mass is 10.2. The average Bonchev–Trinajstić information content (AvgIpc) is 3.07. The highest BCUT2D eigenvalue weighted by molar-refractivity contribution is 7.99. The number of anilines is 1. The molecule has 0 aliphatic carbocycles. The Hall–Kier alpha value is -2.19. The maximum atomic E-state index is 13.6. The molecule has 142 valence electrons. The summed E-state index contributed by atoms with van der Waals surface area (Å²) in [7, 11) is 0. The molecule has 1 aromatic carbocycles. The van der Waals surface area contributed by atoms with Gasteiger partial charge in [0.25, 0.3) is 5.56 Å². The molecule has 0 bridgehead atoms. The zero-order valence-electron chi connectivity index (χ0n) is 15.3. The summed E-state index contributed by atoms with van der Waals surface area (Å²) < 4.78 is 15.9. The van der Waals surface area contributed by atoms with Crippen LogP contribution < -0.4 is 10.9 Å². The summed E-state index contributed by atoms with van der Waals surface area (Å²) in [4.78, 5) is 29.5. The smallest absolute Gasteiger partial charge is 0.272 e. The first kappa shape index (κ1) is 19.6. The fourth-order valence-corrected chi connectivity index (χ4v) is 4.14. The molecule has 0 unspecified atom stereocenters. The number of hydrogen-bond donors (Lipinski definition) is 1. The molecule has 0 aliphatic rings. The van der Waals surface area contributed by atoms with E-state index in [1.165, 1.54) is 29.2 Å². The highest BCUT2D eigenvalue weighted by atomic mass is 32.2. The van der Waals surface area contributed by atoms with Crippen molar-refractivity contribution in [1.82, 2.24) is 9.55 Å². The lowest BCUT2D eigenvalue weighted by Crippen LogP contribution is -2.25. The molecule has 0 saturated carbocycles. The fraction of sp³-hybridized carbons (Fsp3) is 0.316. The summed E-state index contributed by atoms with van der Waals surface area (Å²) in [5.41, 5.74) is 1.50. The van der Waals surface area contributed by atoms with E-state index in [1.54, 1.807) is 29.7 Å². The topological polar surface area (TPSA) is 64.0 Å². The second kappa shape index (κ2) is 8.22. The fourth-order valence-electron chi connectivity index (χ4n) is 2.56. The van der Waals surface area contributed by atoms with Crippen LogP contribution in [0.4, 0.5) is 10.1 Å². The van der Waals surface area contributed by atoms with Crippen LogP contribution in [0.1, 0.15) is 19.4 Å². The third-order valence-electron chi connectivity index (χ3n) is 3.87. The highest BCUT2D eigenvalue weighted by Gasteiger charge is 2.15. The van der Waals surface area contributed by atoms with Gasteiger partial charge in [0.15, 0.2) is 5.16 Å². The minimum Gasteiger partial charge on any atom is -0.325 e. The van der Waals surface area contributed by atoms with E-state index in [-0.39, 0.29) is 29.0 Å². The van der Waals surface area contributed by atoms with E-state index in [0.717, 1.165) is 0 Å². The van der Waals surface area contributed by atoms with Crippen LogP contribution in [0.5, 0.6) is 0 Å². The molecule has 1 amide bonds. The maximum absolute atomic E-state index is 13.6. The number of fused-ring (bicyclic) bond motifs is 1. The Labute approximate surface area is 164 Å². The zero-order chi connectivity index (χ0) is 19.6. The zero-order valence-corrected chi connectivity index (χ0v) is 16.9. The van der Waals surface area contributed by atoms with Crippen molar-refractivity contribution in [3.8, 4) is 0 Å². The van der Waals surface area contributed by atoms with E-state index in [1.807, 2.05) is 19.2 Å². The number of nitrogens with one attached hydrogen (secondary N) is 1. The number of aryl methyl sites for hydroxylation is 1. The molecule has 0 fully saturated rings. The van der Waals surface area contributed by atoms with Gasteiger partial charge in [-0.25, -0.2) is 9.37 Å². The third-order valence-corrected chi connectivity index (χ3v) is 5.73. The summed E-state index contributed by atoms with van der Waals surface area (Å²) in [5, 5.41) is 5.03.